The fourth-order valence-electron chi connectivity index (χ4n) is 3.47. The van der Waals surface area contributed by atoms with E-state index in [-0.39, 0.29) is 18.4 Å². The van der Waals surface area contributed by atoms with Crippen LogP contribution < -0.4 is 5.73 Å². The summed E-state index contributed by atoms with van der Waals surface area (Å²) in [6, 6.07) is 0. The summed E-state index contributed by atoms with van der Waals surface area (Å²) in [5, 5.41) is 0. The van der Waals surface area contributed by atoms with E-state index in [2.05, 4.69) is 69.6 Å². The lowest BCUT2D eigenvalue weighted by atomic mass is 9.97. The van der Waals surface area contributed by atoms with Crippen molar-refractivity contribution in [1.29, 1.82) is 0 Å². The zero-order valence-corrected chi connectivity index (χ0v) is 21.3. The molecule has 3 atom stereocenters. The van der Waals surface area contributed by atoms with Crippen LogP contribution in [0, 0.1) is 0 Å². The van der Waals surface area contributed by atoms with Gasteiger partial charge in [0.2, 0.25) is 9.76 Å². The highest BCUT2D eigenvalue weighted by molar-refractivity contribution is 6.72. The van der Waals surface area contributed by atoms with Crippen LogP contribution in [0.1, 0.15) is 54.2 Å². The van der Waals surface area contributed by atoms with E-state index in [9.17, 15) is 0 Å². The summed E-state index contributed by atoms with van der Waals surface area (Å²) in [4.78, 5) is 12.8. The highest BCUT2D eigenvalue weighted by Crippen LogP contribution is 2.41. The van der Waals surface area contributed by atoms with Crippen LogP contribution in [0.2, 0.25) is 24.2 Å². The average molecular weight is 450 g/mol. The number of nitrogen functional groups attached to an aromatic ring is 1. The quantitative estimate of drug-likeness (QED) is 0.610. The minimum atomic E-state index is -1.89. The molecule has 3 rings (SSSR count). The maximum absolute atomic E-state index is 6.78. The fourth-order valence-corrected chi connectivity index (χ4v) is 5.40. The zero-order valence-electron chi connectivity index (χ0n) is 19.3. The summed E-state index contributed by atoms with van der Waals surface area (Å²) in [5.41, 5.74) is 7.73. The number of ether oxygens (including phenoxy) is 1. The molecular formula is C20H35N5O3Si2. The van der Waals surface area contributed by atoms with Gasteiger partial charge in [0.05, 0.1) is 18.0 Å². The van der Waals surface area contributed by atoms with Gasteiger partial charge >= 0.3 is 0 Å². The summed E-state index contributed by atoms with van der Waals surface area (Å²) in [6.45, 7) is 17.5. The van der Waals surface area contributed by atoms with E-state index in [1.54, 1.807) is 6.33 Å². The highest BCUT2D eigenvalue weighted by Gasteiger charge is 2.49. The van der Waals surface area contributed by atoms with Crippen LogP contribution in [-0.4, -0.2) is 55.4 Å². The molecule has 2 aromatic heterocycles. The first kappa shape index (κ1) is 23.3. The number of rotatable bonds is 8. The van der Waals surface area contributed by atoms with Crippen molar-refractivity contribution in [3.8, 4) is 0 Å². The first-order valence-electron chi connectivity index (χ1n) is 10.6. The number of anilines is 1. The molecule has 1 aliphatic rings. The van der Waals surface area contributed by atoms with Crippen molar-refractivity contribution in [2.75, 3.05) is 5.73 Å². The molecule has 0 saturated carbocycles. The van der Waals surface area contributed by atoms with Crippen molar-refractivity contribution in [1.82, 2.24) is 19.5 Å². The molecule has 1 aliphatic heterocycles. The Morgan fingerprint density at radius 1 is 1.23 bits per heavy atom. The summed E-state index contributed by atoms with van der Waals surface area (Å²) in [5.74, 6) is 0.372. The van der Waals surface area contributed by atoms with E-state index in [1.807, 2.05) is 4.57 Å². The minimum absolute atomic E-state index is 0.0670. The third-order valence-corrected chi connectivity index (χ3v) is 10.7. The third kappa shape index (κ3) is 4.77. The monoisotopic (exact) mass is 449 g/mol. The lowest BCUT2D eigenvalue weighted by molar-refractivity contribution is -0.108. The molecule has 166 valence electrons. The van der Waals surface area contributed by atoms with Crippen molar-refractivity contribution in [2.45, 2.75) is 96.2 Å². The van der Waals surface area contributed by atoms with Gasteiger partial charge in [-0.2, -0.15) is 0 Å². The summed E-state index contributed by atoms with van der Waals surface area (Å²) in [7, 11) is -1.49. The molecule has 0 aromatic carbocycles. The number of fused-ring (bicyclic) bond motifs is 1. The van der Waals surface area contributed by atoms with Crippen LogP contribution in [0.5, 0.6) is 0 Å². The number of aromatic nitrogens is 4. The van der Waals surface area contributed by atoms with Gasteiger partial charge in [0, 0.05) is 6.42 Å². The number of hydrogen-bond donors (Lipinski definition) is 1. The minimum Gasteiger partial charge on any atom is -0.411 e. The molecule has 8 nitrogen and oxygen atoms in total. The second-order valence-corrected chi connectivity index (χ2v) is 15.9. The Kier molecular flexibility index (Phi) is 6.73. The molecule has 30 heavy (non-hydrogen) atoms. The number of nitrogens with two attached hydrogens (primary N) is 1. The van der Waals surface area contributed by atoms with Crippen LogP contribution in [-0.2, 0) is 13.6 Å². The first-order chi connectivity index (χ1) is 13.9. The van der Waals surface area contributed by atoms with E-state index in [0.717, 1.165) is 0 Å². The molecule has 0 amide bonds. The second-order valence-electron chi connectivity index (χ2n) is 9.72. The van der Waals surface area contributed by atoms with Crippen molar-refractivity contribution in [3.63, 3.8) is 0 Å². The van der Waals surface area contributed by atoms with Crippen LogP contribution in [0.25, 0.3) is 11.2 Å². The predicted octanol–water partition coefficient (Wildman–Crippen LogP) is 3.94. The zero-order chi connectivity index (χ0) is 22.3. The average Bonchev–Trinajstić information content (AvgIpc) is 3.25. The molecule has 0 spiro atoms. The molecule has 1 fully saturated rings. The van der Waals surface area contributed by atoms with Crippen LogP contribution in [0.3, 0.4) is 0 Å². The smallest absolute Gasteiger partial charge is 0.233 e. The topological polar surface area (TPSA) is 97.3 Å². The molecule has 1 saturated heterocycles. The third-order valence-electron chi connectivity index (χ3n) is 5.86. The molecule has 3 heterocycles. The van der Waals surface area contributed by atoms with E-state index in [0.29, 0.717) is 44.2 Å². The molecule has 0 aliphatic carbocycles. The summed E-state index contributed by atoms with van der Waals surface area (Å²) >= 11 is 0. The predicted molar refractivity (Wildman–Crippen MR) is 122 cm³/mol. The van der Waals surface area contributed by atoms with E-state index < -0.39 is 13.9 Å². The lowest BCUT2D eigenvalue weighted by Crippen LogP contribution is -2.50. The largest absolute Gasteiger partial charge is 0.411 e. The van der Waals surface area contributed by atoms with Gasteiger partial charge in [0.15, 0.2) is 19.8 Å². The van der Waals surface area contributed by atoms with Gasteiger partial charge in [0.1, 0.15) is 24.2 Å². The summed E-state index contributed by atoms with van der Waals surface area (Å²) in [6.07, 6.45) is 3.39. The molecule has 0 bridgehead atoms. The second kappa shape index (κ2) is 8.66. The molecule has 2 N–H and O–H groups in total. The SMILES string of the molecule is CC(C)[Si]OC(C)(C)C1OC(n2cnc3c(N)ncnc32)CC1O[Si](C)(C)C(C)C. The molecule has 3 unspecified atom stereocenters. The Hall–Kier alpha value is -1.34. The molecular weight excluding hydrogens is 414 g/mol. The fraction of sp³-hybridized carbons (Fsp3) is 0.750. The molecule has 10 heteroatoms. The lowest BCUT2D eigenvalue weighted by Gasteiger charge is -2.39. The normalized spacial score (nSPS) is 23.2. The Balaban J connectivity index is 1.91. The van der Waals surface area contributed by atoms with Crippen LogP contribution in [0.15, 0.2) is 12.7 Å². The molecule has 2 aromatic rings. The van der Waals surface area contributed by atoms with Gasteiger partial charge in [-0.25, -0.2) is 15.0 Å². The van der Waals surface area contributed by atoms with Gasteiger partial charge in [0.25, 0.3) is 0 Å². The summed E-state index contributed by atoms with van der Waals surface area (Å²) < 4.78 is 21.6. The van der Waals surface area contributed by atoms with Crippen molar-refractivity contribution < 1.29 is 13.6 Å². The van der Waals surface area contributed by atoms with Crippen molar-refractivity contribution in [2.24, 2.45) is 0 Å². The number of imidazole rings is 1. The van der Waals surface area contributed by atoms with Gasteiger partial charge in [-0.15, -0.1) is 0 Å². The van der Waals surface area contributed by atoms with Crippen LogP contribution in [0.4, 0.5) is 5.82 Å². The first-order valence-corrected chi connectivity index (χ1v) is 14.6. The van der Waals surface area contributed by atoms with Gasteiger partial charge in [-0.3, -0.25) is 4.57 Å². The van der Waals surface area contributed by atoms with Gasteiger partial charge in [-0.1, -0.05) is 27.7 Å². The Morgan fingerprint density at radius 3 is 2.57 bits per heavy atom. The van der Waals surface area contributed by atoms with E-state index in [4.69, 9.17) is 19.3 Å². The Labute approximate surface area is 183 Å². The van der Waals surface area contributed by atoms with Gasteiger partial charge < -0.3 is 19.3 Å². The Bertz CT molecular complexity index is 871. The van der Waals surface area contributed by atoms with E-state index >= 15 is 0 Å². The number of hydrogen-bond acceptors (Lipinski definition) is 7. The number of nitrogens with zero attached hydrogens (tertiary/aromatic N) is 4. The Morgan fingerprint density at radius 2 is 1.93 bits per heavy atom. The maximum atomic E-state index is 6.78. The van der Waals surface area contributed by atoms with Gasteiger partial charge in [-0.05, 0) is 38.0 Å². The standard InChI is InChI=1S/C20H35N5O3Si2/c1-12(2)29-28-20(5,6)17-14(27-30(7,8)13(3)4)9-15(26-17)25-11-24-16-18(21)22-10-23-19(16)25/h10-15,17H,9H2,1-8H3,(H2,21,22,23). The molecule has 2 radical (unpaired) electrons. The van der Waals surface area contributed by atoms with Crippen molar-refractivity contribution in [3.05, 3.63) is 12.7 Å². The highest BCUT2D eigenvalue weighted by atomic mass is 28.4. The van der Waals surface area contributed by atoms with E-state index in [1.165, 1.54) is 6.33 Å². The van der Waals surface area contributed by atoms with Crippen molar-refractivity contribution >= 4 is 35.1 Å². The maximum Gasteiger partial charge on any atom is 0.233 e. The van der Waals surface area contributed by atoms with Crippen LogP contribution >= 0.6 is 0 Å².